The second-order valence-electron chi connectivity index (χ2n) is 6.23. The minimum atomic E-state index is -1.25. The molecule has 2 amide bonds. The zero-order valence-corrected chi connectivity index (χ0v) is 14.5. The van der Waals surface area contributed by atoms with Crippen LogP contribution in [0.15, 0.2) is 22.8 Å². The van der Waals surface area contributed by atoms with E-state index in [0.717, 1.165) is 25.7 Å². The molecule has 1 aromatic rings. The van der Waals surface area contributed by atoms with Crippen molar-refractivity contribution in [2.75, 3.05) is 12.3 Å². The molecule has 2 rings (SSSR count). The van der Waals surface area contributed by atoms with Crippen molar-refractivity contribution in [3.8, 4) is 0 Å². The zero-order valence-electron chi connectivity index (χ0n) is 13.7. The van der Waals surface area contributed by atoms with Crippen LogP contribution in [0.3, 0.4) is 0 Å². The van der Waals surface area contributed by atoms with Gasteiger partial charge in [-0.1, -0.05) is 13.3 Å². The van der Waals surface area contributed by atoms with Gasteiger partial charge in [0.15, 0.2) is 0 Å². The number of carbonyl (C=O) groups excluding carboxylic acids is 1. The maximum Gasteiger partial charge on any atom is 0.315 e. The average Bonchev–Trinajstić information content (AvgIpc) is 3.08. The van der Waals surface area contributed by atoms with Crippen molar-refractivity contribution in [2.24, 2.45) is 0 Å². The van der Waals surface area contributed by atoms with Crippen LogP contribution in [0, 0.1) is 0 Å². The average molecular weight is 342 g/mol. The minimum absolute atomic E-state index is 0.0396. The summed E-state index contributed by atoms with van der Waals surface area (Å²) in [7, 11) is -0.811. The number of aliphatic hydroxyl groups is 1. The summed E-state index contributed by atoms with van der Waals surface area (Å²) in [6.07, 6.45) is 5.08. The molecule has 23 heavy (non-hydrogen) atoms. The molecule has 1 saturated carbocycles. The zero-order chi connectivity index (χ0) is 16.9. The smallest absolute Gasteiger partial charge is 0.315 e. The molecule has 130 valence electrons. The van der Waals surface area contributed by atoms with Crippen molar-refractivity contribution in [3.05, 3.63) is 24.2 Å². The first-order valence-electron chi connectivity index (χ1n) is 8.10. The Kier molecular flexibility index (Phi) is 6.24. The maximum atomic E-state index is 12.0. The minimum Gasteiger partial charge on any atom is -0.466 e. The molecule has 0 aromatic carbocycles. The molecule has 7 heteroatoms. The fraction of sp³-hybridized carbons (Fsp3) is 0.688. The summed E-state index contributed by atoms with van der Waals surface area (Å²) in [6, 6.07) is 3.09. The molecule has 4 atom stereocenters. The van der Waals surface area contributed by atoms with Crippen LogP contribution in [0.2, 0.25) is 0 Å². The summed E-state index contributed by atoms with van der Waals surface area (Å²) in [4.78, 5) is 12.0. The summed E-state index contributed by atoms with van der Waals surface area (Å²) >= 11 is 0. The van der Waals surface area contributed by atoms with E-state index in [4.69, 9.17) is 4.42 Å². The number of furan rings is 1. The van der Waals surface area contributed by atoms with E-state index >= 15 is 0 Å². The standard InChI is InChI=1S/C16H26N2O4S/c1-3-23(21)13-7-4-6-12(10-13)18-15(19)17-11-16(2,20)14-8-5-9-22-14/h5,8-9,12-13,20H,3-4,6-7,10-11H2,1-2H3,(H2,17,18,19). The Bertz CT molecular complexity index is 530. The van der Waals surface area contributed by atoms with Crippen LogP contribution in [-0.4, -0.2) is 38.9 Å². The third-order valence-electron chi connectivity index (χ3n) is 4.26. The van der Waals surface area contributed by atoms with Crippen molar-refractivity contribution < 1.29 is 18.5 Å². The molecule has 4 unspecified atom stereocenters. The normalized spacial score (nSPS) is 25.3. The molecule has 0 saturated heterocycles. The third kappa shape index (κ3) is 5.07. The predicted molar refractivity (Wildman–Crippen MR) is 89.5 cm³/mol. The number of hydrogen-bond donors (Lipinski definition) is 3. The number of carbonyl (C=O) groups is 1. The first-order valence-corrected chi connectivity index (χ1v) is 9.48. The van der Waals surface area contributed by atoms with Crippen LogP contribution < -0.4 is 10.6 Å². The monoisotopic (exact) mass is 342 g/mol. The van der Waals surface area contributed by atoms with Gasteiger partial charge in [0.1, 0.15) is 11.4 Å². The number of hydrogen-bond acceptors (Lipinski definition) is 4. The van der Waals surface area contributed by atoms with Crippen LogP contribution >= 0.6 is 0 Å². The van der Waals surface area contributed by atoms with E-state index in [1.807, 2.05) is 6.92 Å². The lowest BCUT2D eigenvalue weighted by Gasteiger charge is -2.29. The highest BCUT2D eigenvalue weighted by molar-refractivity contribution is 7.85. The molecule has 1 aromatic heterocycles. The lowest BCUT2D eigenvalue weighted by molar-refractivity contribution is 0.0366. The number of urea groups is 1. The molecule has 1 aliphatic rings. The highest BCUT2D eigenvalue weighted by atomic mass is 32.2. The molecular weight excluding hydrogens is 316 g/mol. The largest absolute Gasteiger partial charge is 0.466 e. The van der Waals surface area contributed by atoms with E-state index in [9.17, 15) is 14.1 Å². The van der Waals surface area contributed by atoms with E-state index in [1.165, 1.54) is 6.26 Å². The second kappa shape index (κ2) is 7.97. The van der Waals surface area contributed by atoms with Gasteiger partial charge >= 0.3 is 6.03 Å². The quantitative estimate of drug-likeness (QED) is 0.736. The topological polar surface area (TPSA) is 91.6 Å². The van der Waals surface area contributed by atoms with E-state index in [2.05, 4.69) is 10.6 Å². The van der Waals surface area contributed by atoms with Gasteiger partial charge in [0.25, 0.3) is 0 Å². The van der Waals surface area contributed by atoms with Crippen LogP contribution in [0.5, 0.6) is 0 Å². The Labute approximate surface area is 139 Å². The molecule has 6 nitrogen and oxygen atoms in total. The van der Waals surface area contributed by atoms with Crippen LogP contribution in [0.25, 0.3) is 0 Å². The predicted octanol–water partition coefficient (Wildman–Crippen LogP) is 1.87. The van der Waals surface area contributed by atoms with Crippen molar-refractivity contribution in [1.82, 2.24) is 10.6 Å². The lowest BCUT2D eigenvalue weighted by Crippen LogP contribution is -2.48. The maximum absolute atomic E-state index is 12.0. The van der Waals surface area contributed by atoms with Gasteiger partial charge < -0.3 is 20.2 Å². The van der Waals surface area contributed by atoms with Gasteiger partial charge in [0.2, 0.25) is 0 Å². The molecule has 0 radical (unpaired) electrons. The first kappa shape index (κ1) is 18.0. The van der Waals surface area contributed by atoms with E-state index in [0.29, 0.717) is 11.5 Å². The van der Waals surface area contributed by atoms with Gasteiger partial charge in [-0.2, -0.15) is 0 Å². The van der Waals surface area contributed by atoms with Gasteiger partial charge in [-0.15, -0.1) is 0 Å². The lowest BCUT2D eigenvalue weighted by atomic mass is 9.95. The summed E-state index contributed by atoms with van der Waals surface area (Å²) < 4.78 is 17.1. The number of rotatable bonds is 6. The SMILES string of the molecule is CCS(=O)C1CCCC(NC(=O)NCC(C)(O)c2ccco2)C1. The molecule has 1 fully saturated rings. The van der Waals surface area contributed by atoms with Crippen molar-refractivity contribution >= 4 is 16.8 Å². The fourth-order valence-electron chi connectivity index (χ4n) is 2.91. The fourth-order valence-corrected chi connectivity index (χ4v) is 4.26. The molecule has 1 heterocycles. The molecule has 0 spiro atoms. The number of amides is 2. The van der Waals surface area contributed by atoms with Gasteiger partial charge in [-0.05, 0) is 38.3 Å². The Morgan fingerprint density at radius 2 is 2.30 bits per heavy atom. The van der Waals surface area contributed by atoms with E-state index in [-0.39, 0.29) is 23.9 Å². The van der Waals surface area contributed by atoms with Gasteiger partial charge in [0, 0.05) is 27.8 Å². The Morgan fingerprint density at radius 3 is 2.96 bits per heavy atom. The Hall–Kier alpha value is -1.34. The molecule has 1 aliphatic carbocycles. The molecule has 3 N–H and O–H groups in total. The summed E-state index contributed by atoms with van der Waals surface area (Å²) in [5.74, 6) is 1.07. The summed E-state index contributed by atoms with van der Waals surface area (Å²) in [5.41, 5.74) is -1.25. The van der Waals surface area contributed by atoms with Gasteiger partial charge in [0.05, 0.1) is 12.8 Å². The summed E-state index contributed by atoms with van der Waals surface area (Å²) in [5, 5.41) is 16.1. The highest BCUT2D eigenvalue weighted by Crippen LogP contribution is 2.23. The van der Waals surface area contributed by atoms with Gasteiger partial charge in [-0.25, -0.2) is 4.79 Å². The molecular formula is C16H26N2O4S. The Balaban J connectivity index is 1.79. The van der Waals surface area contributed by atoms with Crippen molar-refractivity contribution in [2.45, 2.75) is 56.4 Å². The molecule has 0 bridgehead atoms. The highest BCUT2D eigenvalue weighted by Gasteiger charge is 2.29. The van der Waals surface area contributed by atoms with Gasteiger partial charge in [-0.3, -0.25) is 4.21 Å². The van der Waals surface area contributed by atoms with E-state index < -0.39 is 16.4 Å². The first-order chi connectivity index (χ1) is 10.9. The van der Waals surface area contributed by atoms with Crippen LogP contribution in [0.1, 0.15) is 45.3 Å². The van der Waals surface area contributed by atoms with Crippen molar-refractivity contribution in [3.63, 3.8) is 0 Å². The van der Waals surface area contributed by atoms with Crippen LogP contribution in [-0.2, 0) is 16.4 Å². The van der Waals surface area contributed by atoms with Crippen LogP contribution in [0.4, 0.5) is 4.79 Å². The Morgan fingerprint density at radius 1 is 1.52 bits per heavy atom. The van der Waals surface area contributed by atoms with E-state index in [1.54, 1.807) is 19.1 Å². The third-order valence-corrected chi connectivity index (χ3v) is 6.00. The number of nitrogens with one attached hydrogen (secondary N) is 2. The summed E-state index contributed by atoms with van der Waals surface area (Å²) in [6.45, 7) is 3.58. The second-order valence-corrected chi connectivity index (χ2v) is 8.24. The van der Waals surface area contributed by atoms with Crippen molar-refractivity contribution in [1.29, 1.82) is 0 Å². The molecule has 0 aliphatic heterocycles.